The molecule has 3 aromatic rings. The van der Waals surface area contributed by atoms with Gasteiger partial charge in [0.1, 0.15) is 11.6 Å². The van der Waals surface area contributed by atoms with Gasteiger partial charge in [-0.15, -0.1) is 0 Å². The molecule has 0 spiro atoms. The smallest absolute Gasteiger partial charge is 0.243 e. The van der Waals surface area contributed by atoms with Crippen molar-refractivity contribution in [2.45, 2.75) is 30.7 Å². The van der Waals surface area contributed by atoms with E-state index in [0.717, 1.165) is 16.9 Å². The van der Waals surface area contributed by atoms with Crippen molar-refractivity contribution in [3.63, 3.8) is 0 Å². The minimum atomic E-state index is -3.53. The summed E-state index contributed by atoms with van der Waals surface area (Å²) in [6.45, 7) is 5.11. The quantitative estimate of drug-likeness (QED) is 0.675. The molecule has 0 unspecified atom stereocenters. The molecule has 2 aromatic carbocycles. The number of methoxy groups -OCH3 is 1. The van der Waals surface area contributed by atoms with Crippen molar-refractivity contribution in [1.29, 1.82) is 0 Å². The van der Waals surface area contributed by atoms with Crippen LogP contribution < -0.4 is 4.74 Å². The Bertz CT molecular complexity index is 1080. The zero-order chi connectivity index (χ0) is 19.2. The van der Waals surface area contributed by atoms with Crippen molar-refractivity contribution in [3.05, 3.63) is 54.4 Å². The molecule has 27 heavy (non-hydrogen) atoms. The molecule has 0 saturated carbocycles. The summed E-state index contributed by atoms with van der Waals surface area (Å²) >= 11 is 0. The first-order valence-corrected chi connectivity index (χ1v) is 10.5. The first kappa shape index (κ1) is 18.0. The molecular formula is C20H23N3O3S. The predicted molar refractivity (Wildman–Crippen MR) is 105 cm³/mol. The highest BCUT2D eigenvalue weighted by Crippen LogP contribution is 2.34. The second-order valence-corrected chi connectivity index (χ2v) is 9.08. The summed E-state index contributed by atoms with van der Waals surface area (Å²) in [5.41, 5.74) is 2.01. The van der Waals surface area contributed by atoms with Crippen LogP contribution in [0.1, 0.15) is 31.6 Å². The maximum atomic E-state index is 12.9. The summed E-state index contributed by atoms with van der Waals surface area (Å²) in [7, 11) is -1.99. The van der Waals surface area contributed by atoms with Crippen molar-refractivity contribution in [2.75, 3.05) is 20.2 Å². The summed E-state index contributed by atoms with van der Waals surface area (Å²) in [5, 5.41) is 0. The van der Waals surface area contributed by atoms with Gasteiger partial charge in [-0.1, -0.05) is 32.0 Å². The van der Waals surface area contributed by atoms with Crippen LogP contribution in [0.4, 0.5) is 0 Å². The third kappa shape index (κ3) is 3.00. The summed E-state index contributed by atoms with van der Waals surface area (Å²) in [6.07, 6.45) is 0. The molecule has 6 nitrogen and oxygen atoms in total. The molecule has 4 rings (SSSR count). The second kappa shape index (κ2) is 6.65. The van der Waals surface area contributed by atoms with Crippen molar-refractivity contribution >= 4 is 21.1 Å². The monoisotopic (exact) mass is 385 g/mol. The average molecular weight is 385 g/mol. The van der Waals surface area contributed by atoms with Gasteiger partial charge in [0.2, 0.25) is 10.0 Å². The molecule has 1 aliphatic heterocycles. The number of para-hydroxylation sites is 2. The van der Waals surface area contributed by atoms with E-state index in [2.05, 4.69) is 18.4 Å². The number of sulfonamides is 1. The number of hydrogen-bond donors (Lipinski definition) is 0. The minimum absolute atomic E-state index is 0.0928. The third-order valence-corrected chi connectivity index (χ3v) is 6.84. The number of nitrogens with zero attached hydrogens (tertiary/aromatic N) is 3. The molecule has 142 valence electrons. The van der Waals surface area contributed by atoms with Crippen LogP contribution in [0.3, 0.4) is 0 Å². The Morgan fingerprint density at radius 2 is 1.85 bits per heavy atom. The van der Waals surface area contributed by atoms with E-state index >= 15 is 0 Å². The number of hydrogen-bond acceptors (Lipinski definition) is 4. The third-order valence-electron chi connectivity index (χ3n) is 5.01. The van der Waals surface area contributed by atoms with E-state index in [1.54, 1.807) is 24.3 Å². The molecule has 1 fully saturated rings. The molecule has 0 aliphatic carbocycles. The summed E-state index contributed by atoms with van der Waals surface area (Å²) in [5.74, 6) is 1.80. The SMILES string of the molecule is COc1cccc(S(=O)(=O)N2CC(n3c(C(C)C)nc4ccccc43)C2)c1. The van der Waals surface area contributed by atoms with Crippen LogP contribution in [0.15, 0.2) is 53.4 Å². The van der Waals surface area contributed by atoms with Gasteiger partial charge in [-0.25, -0.2) is 13.4 Å². The van der Waals surface area contributed by atoms with Gasteiger partial charge in [0.25, 0.3) is 0 Å². The van der Waals surface area contributed by atoms with Gasteiger partial charge >= 0.3 is 0 Å². The van der Waals surface area contributed by atoms with Gasteiger partial charge in [-0.3, -0.25) is 0 Å². The Kier molecular flexibility index (Phi) is 4.44. The van der Waals surface area contributed by atoms with Gasteiger partial charge in [-0.2, -0.15) is 4.31 Å². The normalized spacial score (nSPS) is 16.0. The zero-order valence-corrected chi connectivity index (χ0v) is 16.5. The van der Waals surface area contributed by atoms with E-state index in [-0.39, 0.29) is 16.9 Å². The van der Waals surface area contributed by atoms with E-state index in [1.807, 2.05) is 24.3 Å². The fourth-order valence-corrected chi connectivity index (χ4v) is 5.09. The minimum Gasteiger partial charge on any atom is -0.497 e. The van der Waals surface area contributed by atoms with Crippen molar-refractivity contribution in [3.8, 4) is 5.75 Å². The number of benzene rings is 2. The van der Waals surface area contributed by atoms with Gasteiger partial charge in [0, 0.05) is 25.1 Å². The lowest BCUT2D eigenvalue weighted by Crippen LogP contribution is -2.50. The fourth-order valence-electron chi connectivity index (χ4n) is 3.54. The summed E-state index contributed by atoms with van der Waals surface area (Å²) in [6, 6.07) is 14.7. The Balaban J connectivity index is 1.63. The van der Waals surface area contributed by atoms with Gasteiger partial charge in [0.05, 0.1) is 29.1 Å². The van der Waals surface area contributed by atoms with Crippen LogP contribution in [0, 0.1) is 0 Å². The lowest BCUT2D eigenvalue weighted by Gasteiger charge is -2.40. The Morgan fingerprint density at radius 3 is 2.56 bits per heavy atom. The number of fused-ring (bicyclic) bond motifs is 1. The highest BCUT2D eigenvalue weighted by atomic mass is 32.2. The summed E-state index contributed by atoms with van der Waals surface area (Å²) in [4.78, 5) is 5.03. The highest BCUT2D eigenvalue weighted by molar-refractivity contribution is 7.89. The standard InChI is InChI=1S/C20H23N3O3S/c1-14(2)20-21-18-9-4-5-10-19(18)23(20)15-12-22(13-15)27(24,25)17-8-6-7-16(11-17)26-3/h4-11,14-15H,12-13H2,1-3H3. The molecule has 1 saturated heterocycles. The molecule has 0 bridgehead atoms. The topological polar surface area (TPSA) is 64.4 Å². The van der Waals surface area contributed by atoms with E-state index < -0.39 is 10.0 Å². The maximum absolute atomic E-state index is 12.9. The van der Waals surface area contributed by atoms with E-state index in [4.69, 9.17) is 9.72 Å². The second-order valence-electron chi connectivity index (χ2n) is 7.14. The van der Waals surface area contributed by atoms with Crippen LogP contribution in [-0.2, 0) is 10.0 Å². The predicted octanol–water partition coefficient (Wildman–Crippen LogP) is 3.41. The van der Waals surface area contributed by atoms with Crippen LogP contribution in [0.2, 0.25) is 0 Å². The van der Waals surface area contributed by atoms with Crippen LogP contribution in [0.5, 0.6) is 5.75 Å². The van der Waals surface area contributed by atoms with Crippen molar-refractivity contribution in [2.24, 2.45) is 0 Å². The first-order valence-electron chi connectivity index (χ1n) is 9.03. The Morgan fingerprint density at radius 1 is 1.11 bits per heavy atom. The molecule has 0 radical (unpaired) electrons. The zero-order valence-electron chi connectivity index (χ0n) is 15.7. The van der Waals surface area contributed by atoms with Gasteiger partial charge < -0.3 is 9.30 Å². The van der Waals surface area contributed by atoms with Crippen LogP contribution in [0.25, 0.3) is 11.0 Å². The Labute approximate surface area is 159 Å². The highest BCUT2D eigenvalue weighted by Gasteiger charge is 2.39. The number of imidazole rings is 1. The van der Waals surface area contributed by atoms with Gasteiger partial charge in [-0.05, 0) is 24.3 Å². The fraction of sp³-hybridized carbons (Fsp3) is 0.350. The summed E-state index contributed by atoms with van der Waals surface area (Å²) < 4.78 is 34.7. The molecule has 2 heterocycles. The lowest BCUT2D eigenvalue weighted by atomic mass is 10.1. The molecule has 1 aliphatic rings. The number of ether oxygens (including phenoxy) is 1. The van der Waals surface area contributed by atoms with Crippen LogP contribution in [-0.4, -0.2) is 42.5 Å². The molecule has 1 aromatic heterocycles. The molecule has 0 amide bonds. The lowest BCUT2D eigenvalue weighted by molar-refractivity contribution is 0.203. The van der Waals surface area contributed by atoms with Crippen LogP contribution >= 0.6 is 0 Å². The van der Waals surface area contributed by atoms with E-state index in [9.17, 15) is 8.42 Å². The van der Waals surface area contributed by atoms with E-state index in [0.29, 0.717) is 18.8 Å². The average Bonchev–Trinajstić information content (AvgIpc) is 3.00. The van der Waals surface area contributed by atoms with E-state index in [1.165, 1.54) is 11.4 Å². The van der Waals surface area contributed by atoms with Crippen molar-refractivity contribution < 1.29 is 13.2 Å². The number of aromatic nitrogens is 2. The Hall–Kier alpha value is -2.38. The first-order chi connectivity index (χ1) is 12.9. The maximum Gasteiger partial charge on any atom is 0.243 e. The largest absolute Gasteiger partial charge is 0.497 e. The van der Waals surface area contributed by atoms with Crippen molar-refractivity contribution in [1.82, 2.24) is 13.9 Å². The van der Waals surface area contributed by atoms with Gasteiger partial charge in [0.15, 0.2) is 0 Å². The molecule has 0 N–H and O–H groups in total. The number of rotatable bonds is 5. The molecular weight excluding hydrogens is 362 g/mol. The molecule has 0 atom stereocenters. The molecule has 7 heteroatoms.